The standard InChI is InChI=1S/C16H21NO/c1-13-7-10-15(11-8-13)17-16(18)12-9-14-5-3-2-4-6-14/h2-6,9,12-13,15H,7-8,10-11H2,1H3,(H,17,18)/b12-9+. The molecule has 1 N–H and O–H groups in total. The number of hydrogen-bond donors (Lipinski definition) is 1. The Balaban J connectivity index is 1.80. The van der Waals surface area contributed by atoms with E-state index in [-0.39, 0.29) is 5.91 Å². The Bertz CT molecular complexity index is 402. The molecule has 0 atom stereocenters. The van der Waals surface area contributed by atoms with Crippen LogP contribution in [-0.2, 0) is 4.79 Å². The van der Waals surface area contributed by atoms with Crippen molar-refractivity contribution in [2.75, 3.05) is 0 Å². The Morgan fingerprint density at radius 3 is 2.50 bits per heavy atom. The molecule has 0 unspecified atom stereocenters. The number of rotatable bonds is 3. The van der Waals surface area contributed by atoms with Gasteiger partial charge in [-0.25, -0.2) is 0 Å². The Hall–Kier alpha value is -1.57. The van der Waals surface area contributed by atoms with E-state index in [0.29, 0.717) is 6.04 Å². The lowest BCUT2D eigenvalue weighted by Crippen LogP contribution is -2.36. The molecule has 18 heavy (non-hydrogen) atoms. The first-order chi connectivity index (χ1) is 8.74. The topological polar surface area (TPSA) is 29.1 Å². The zero-order chi connectivity index (χ0) is 12.8. The summed E-state index contributed by atoms with van der Waals surface area (Å²) < 4.78 is 0. The van der Waals surface area contributed by atoms with Crippen LogP contribution in [0.2, 0.25) is 0 Å². The minimum absolute atomic E-state index is 0.0263. The minimum Gasteiger partial charge on any atom is -0.350 e. The molecular formula is C16H21NO. The summed E-state index contributed by atoms with van der Waals surface area (Å²) in [5.41, 5.74) is 1.06. The van der Waals surface area contributed by atoms with Crippen molar-refractivity contribution in [3.8, 4) is 0 Å². The Kier molecular flexibility index (Phi) is 4.57. The van der Waals surface area contributed by atoms with Crippen LogP contribution in [0, 0.1) is 5.92 Å². The molecule has 1 amide bonds. The summed E-state index contributed by atoms with van der Waals surface area (Å²) in [6.07, 6.45) is 8.19. The monoisotopic (exact) mass is 243 g/mol. The zero-order valence-corrected chi connectivity index (χ0v) is 10.9. The lowest BCUT2D eigenvalue weighted by Gasteiger charge is -2.26. The third-order valence-electron chi connectivity index (χ3n) is 3.59. The second kappa shape index (κ2) is 6.39. The van der Waals surface area contributed by atoms with Gasteiger partial charge in [-0.15, -0.1) is 0 Å². The summed E-state index contributed by atoms with van der Waals surface area (Å²) in [5.74, 6) is 0.844. The quantitative estimate of drug-likeness (QED) is 0.810. The first kappa shape index (κ1) is 12.9. The van der Waals surface area contributed by atoms with E-state index in [9.17, 15) is 4.79 Å². The van der Waals surface area contributed by atoms with Crippen LogP contribution in [-0.4, -0.2) is 11.9 Å². The van der Waals surface area contributed by atoms with E-state index in [0.717, 1.165) is 24.3 Å². The van der Waals surface area contributed by atoms with Gasteiger partial charge in [0.1, 0.15) is 0 Å². The van der Waals surface area contributed by atoms with Gasteiger partial charge >= 0.3 is 0 Å². The smallest absolute Gasteiger partial charge is 0.244 e. The number of benzene rings is 1. The van der Waals surface area contributed by atoms with Crippen molar-refractivity contribution in [3.63, 3.8) is 0 Å². The van der Waals surface area contributed by atoms with Crippen LogP contribution in [0.15, 0.2) is 36.4 Å². The van der Waals surface area contributed by atoms with Crippen molar-refractivity contribution in [1.82, 2.24) is 5.32 Å². The summed E-state index contributed by atoms with van der Waals surface area (Å²) in [7, 11) is 0. The third-order valence-corrected chi connectivity index (χ3v) is 3.59. The molecule has 1 saturated carbocycles. The van der Waals surface area contributed by atoms with Crippen LogP contribution in [0.1, 0.15) is 38.2 Å². The summed E-state index contributed by atoms with van der Waals surface area (Å²) in [6, 6.07) is 10.3. The SMILES string of the molecule is CC1CCC(NC(=O)/C=C/c2ccccc2)CC1. The van der Waals surface area contributed by atoms with Gasteiger partial charge in [0.25, 0.3) is 0 Å². The van der Waals surface area contributed by atoms with Gasteiger partial charge in [0.2, 0.25) is 5.91 Å². The molecule has 1 aliphatic rings. The van der Waals surface area contributed by atoms with E-state index in [1.54, 1.807) is 6.08 Å². The molecule has 0 heterocycles. The van der Waals surface area contributed by atoms with Crippen LogP contribution in [0.4, 0.5) is 0 Å². The molecule has 1 aromatic carbocycles. The van der Waals surface area contributed by atoms with Crippen molar-refractivity contribution >= 4 is 12.0 Å². The highest BCUT2D eigenvalue weighted by Crippen LogP contribution is 2.23. The van der Waals surface area contributed by atoms with E-state index in [1.807, 2.05) is 36.4 Å². The van der Waals surface area contributed by atoms with Gasteiger partial charge in [0.15, 0.2) is 0 Å². The molecule has 2 rings (SSSR count). The maximum absolute atomic E-state index is 11.8. The summed E-state index contributed by atoms with van der Waals surface area (Å²) in [5, 5.41) is 3.08. The lowest BCUT2D eigenvalue weighted by molar-refractivity contribution is -0.117. The molecule has 1 aliphatic carbocycles. The summed E-state index contributed by atoms with van der Waals surface area (Å²) >= 11 is 0. The van der Waals surface area contributed by atoms with E-state index in [4.69, 9.17) is 0 Å². The maximum Gasteiger partial charge on any atom is 0.244 e. The Labute approximate surface area is 109 Å². The third kappa shape index (κ3) is 4.02. The van der Waals surface area contributed by atoms with Gasteiger partial charge in [-0.1, -0.05) is 37.3 Å². The molecule has 0 saturated heterocycles. The van der Waals surface area contributed by atoms with E-state index < -0.39 is 0 Å². The van der Waals surface area contributed by atoms with Crippen LogP contribution in [0.25, 0.3) is 6.08 Å². The largest absolute Gasteiger partial charge is 0.350 e. The molecule has 0 bridgehead atoms. The predicted octanol–water partition coefficient (Wildman–Crippen LogP) is 3.39. The molecule has 2 heteroatoms. The second-order valence-electron chi connectivity index (χ2n) is 5.21. The minimum atomic E-state index is 0.0263. The fraction of sp³-hybridized carbons (Fsp3) is 0.438. The molecular weight excluding hydrogens is 222 g/mol. The van der Waals surface area contributed by atoms with Gasteiger partial charge in [0.05, 0.1) is 0 Å². The summed E-state index contributed by atoms with van der Waals surface area (Å²) in [6.45, 7) is 2.29. The molecule has 0 aromatic heterocycles. The lowest BCUT2D eigenvalue weighted by atomic mass is 9.87. The molecule has 96 valence electrons. The van der Waals surface area contributed by atoms with Gasteiger partial charge < -0.3 is 5.32 Å². The number of nitrogens with one attached hydrogen (secondary N) is 1. The van der Waals surface area contributed by atoms with Crippen molar-refractivity contribution in [3.05, 3.63) is 42.0 Å². The van der Waals surface area contributed by atoms with Gasteiger partial charge in [0, 0.05) is 12.1 Å². The maximum atomic E-state index is 11.8. The average molecular weight is 243 g/mol. The van der Waals surface area contributed by atoms with E-state index in [1.165, 1.54) is 12.8 Å². The molecule has 1 aromatic rings. The van der Waals surface area contributed by atoms with Gasteiger partial charge in [-0.2, -0.15) is 0 Å². The van der Waals surface area contributed by atoms with Crippen LogP contribution in [0.3, 0.4) is 0 Å². The number of amides is 1. The fourth-order valence-electron chi connectivity index (χ4n) is 2.39. The first-order valence-corrected chi connectivity index (χ1v) is 6.77. The van der Waals surface area contributed by atoms with Gasteiger partial charge in [-0.3, -0.25) is 4.79 Å². The normalized spacial score (nSPS) is 24.1. The second-order valence-corrected chi connectivity index (χ2v) is 5.21. The molecule has 0 radical (unpaired) electrons. The Morgan fingerprint density at radius 1 is 1.17 bits per heavy atom. The average Bonchev–Trinajstić information content (AvgIpc) is 2.40. The van der Waals surface area contributed by atoms with Crippen LogP contribution < -0.4 is 5.32 Å². The van der Waals surface area contributed by atoms with Crippen molar-refractivity contribution in [2.45, 2.75) is 38.6 Å². The molecule has 0 spiro atoms. The highest BCUT2D eigenvalue weighted by molar-refractivity contribution is 5.91. The van der Waals surface area contributed by atoms with Crippen molar-refractivity contribution < 1.29 is 4.79 Å². The predicted molar refractivity (Wildman–Crippen MR) is 75.0 cm³/mol. The molecule has 0 aliphatic heterocycles. The molecule has 2 nitrogen and oxygen atoms in total. The molecule has 1 fully saturated rings. The van der Waals surface area contributed by atoms with E-state index in [2.05, 4.69) is 12.2 Å². The zero-order valence-electron chi connectivity index (χ0n) is 10.9. The number of carbonyl (C=O) groups is 1. The fourth-order valence-corrected chi connectivity index (χ4v) is 2.39. The highest BCUT2D eigenvalue weighted by Gasteiger charge is 2.18. The number of hydrogen-bond acceptors (Lipinski definition) is 1. The van der Waals surface area contributed by atoms with Gasteiger partial charge in [-0.05, 0) is 43.2 Å². The van der Waals surface area contributed by atoms with Crippen molar-refractivity contribution in [2.24, 2.45) is 5.92 Å². The van der Waals surface area contributed by atoms with E-state index >= 15 is 0 Å². The number of carbonyl (C=O) groups excluding carboxylic acids is 1. The van der Waals surface area contributed by atoms with Crippen LogP contribution in [0.5, 0.6) is 0 Å². The van der Waals surface area contributed by atoms with Crippen LogP contribution >= 0.6 is 0 Å². The highest BCUT2D eigenvalue weighted by atomic mass is 16.1. The Morgan fingerprint density at radius 2 is 1.83 bits per heavy atom. The summed E-state index contributed by atoms with van der Waals surface area (Å²) in [4.78, 5) is 11.8. The first-order valence-electron chi connectivity index (χ1n) is 6.77. The van der Waals surface area contributed by atoms with Crippen molar-refractivity contribution in [1.29, 1.82) is 0 Å².